The first-order valence-corrected chi connectivity index (χ1v) is 6.00. The van der Waals surface area contributed by atoms with E-state index in [1.54, 1.807) is 6.92 Å². The molecule has 0 radical (unpaired) electrons. The summed E-state index contributed by atoms with van der Waals surface area (Å²) in [6, 6.07) is 0. The fraction of sp³-hybridized carbons (Fsp3) is 0.917. The highest BCUT2D eigenvalue weighted by atomic mass is 16.5. The number of hydrogen-bond donors (Lipinski definition) is 2. The van der Waals surface area contributed by atoms with E-state index in [1.165, 1.54) is 0 Å². The standard InChI is InChI=1S/C12H25NO3/c1-5-7-16-8-11(14)13-9-12(4,15)10(3)6-2/h10,15H,5-9H2,1-4H3,(H,13,14). The number of nitrogens with one attached hydrogen (secondary N) is 1. The van der Waals surface area contributed by atoms with Crippen molar-refractivity contribution in [1.82, 2.24) is 5.32 Å². The van der Waals surface area contributed by atoms with Gasteiger partial charge in [0.1, 0.15) is 6.61 Å². The molecule has 2 atom stereocenters. The maximum absolute atomic E-state index is 11.3. The Morgan fingerprint density at radius 1 is 1.50 bits per heavy atom. The van der Waals surface area contributed by atoms with Gasteiger partial charge in [-0.2, -0.15) is 0 Å². The first-order valence-electron chi connectivity index (χ1n) is 6.00. The van der Waals surface area contributed by atoms with E-state index in [-0.39, 0.29) is 25.0 Å². The highest BCUT2D eigenvalue weighted by Crippen LogP contribution is 2.18. The molecule has 2 N–H and O–H groups in total. The van der Waals surface area contributed by atoms with Crippen molar-refractivity contribution < 1.29 is 14.6 Å². The molecule has 0 aliphatic carbocycles. The Kier molecular flexibility index (Phi) is 7.34. The second-order valence-corrected chi connectivity index (χ2v) is 4.50. The van der Waals surface area contributed by atoms with Crippen molar-refractivity contribution >= 4 is 5.91 Å². The largest absolute Gasteiger partial charge is 0.388 e. The number of ether oxygens (including phenoxy) is 1. The van der Waals surface area contributed by atoms with Crippen LogP contribution in [-0.2, 0) is 9.53 Å². The average Bonchev–Trinajstić information content (AvgIpc) is 2.25. The van der Waals surface area contributed by atoms with Crippen LogP contribution >= 0.6 is 0 Å². The molecule has 0 aliphatic rings. The summed E-state index contributed by atoms with van der Waals surface area (Å²) in [5.74, 6) is -0.0126. The third kappa shape index (κ3) is 6.08. The molecule has 96 valence electrons. The van der Waals surface area contributed by atoms with Gasteiger partial charge in [0.25, 0.3) is 0 Å². The van der Waals surface area contributed by atoms with Crippen LogP contribution in [0.15, 0.2) is 0 Å². The van der Waals surface area contributed by atoms with Gasteiger partial charge in [0.05, 0.1) is 5.60 Å². The molecule has 2 unspecified atom stereocenters. The summed E-state index contributed by atoms with van der Waals surface area (Å²) in [4.78, 5) is 11.3. The molecule has 0 saturated carbocycles. The second kappa shape index (κ2) is 7.63. The van der Waals surface area contributed by atoms with Crippen LogP contribution in [0.5, 0.6) is 0 Å². The zero-order valence-electron chi connectivity index (χ0n) is 10.9. The fourth-order valence-corrected chi connectivity index (χ4v) is 1.25. The smallest absolute Gasteiger partial charge is 0.246 e. The van der Waals surface area contributed by atoms with Gasteiger partial charge in [-0.1, -0.05) is 27.2 Å². The Balaban J connectivity index is 3.81. The minimum absolute atomic E-state index is 0.0738. The first kappa shape index (κ1) is 15.4. The predicted octanol–water partition coefficient (Wildman–Crippen LogP) is 1.33. The summed E-state index contributed by atoms with van der Waals surface area (Å²) in [6.07, 6.45) is 1.78. The van der Waals surface area contributed by atoms with Crippen molar-refractivity contribution in [3.05, 3.63) is 0 Å². The predicted molar refractivity (Wildman–Crippen MR) is 64.2 cm³/mol. The zero-order valence-corrected chi connectivity index (χ0v) is 10.9. The van der Waals surface area contributed by atoms with E-state index in [2.05, 4.69) is 5.32 Å². The molecule has 0 aromatic heterocycles. The molecule has 0 bridgehead atoms. The Morgan fingerprint density at radius 3 is 2.62 bits per heavy atom. The van der Waals surface area contributed by atoms with Gasteiger partial charge in [-0.25, -0.2) is 0 Å². The SMILES string of the molecule is CCCOCC(=O)NCC(C)(O)C(C)CC. The average molecular weight is 231 g/mol. The number of carbonyl (C=O) groups is 1. The van der Waals surface area contributed by atoms with Gasteiger partial charge in [-0.15, -0.1) is 0 Å². The lowest BCUT2D eigenvalue weighted by molar-refractivity contribution is -0.127. The highest BCUT2D eigenvalue weighted by molar-refractivity contribution is 5.77. The normalized spacial score (nSPS) is 16.6. The van der Waals surface area contributed by atoms with Crippen molar-refractivity contribution in [3.8, 4) is 0 Å². The molecular weight excluding hydrogens is 206 g/mol. The van der Waals surface area contributed by atoms with Gasteiger partial charge in [-0.05, 0) is 19.3 Å². The number of hydrogen-bond acceptors (Lipinski definition) is 3. The molecule has 0 heterocycles. The summed E-state index contributed by atoms with van der Waals surface area (Å²) in [5, 5.41) is 12.7. The van der Waals surface area contributed by atoms with Crippen LogP contribution in [-0.4, -0.2) is 36.4 Å². The minimum atomic E-state index is -0.852. The van der Waals surface area contributed by atoms with Gasteiger partial charge in [0.2, 0.25) is 5.91 Å². The van der Waals surface area contributed by atoms with Gasteiger partial charge in [0, 0.05) is 13.2 Å². The van der Waals surface area contributed by atoms with E-state index >= 15 is 0 Å². The molecule has 0 saturated heterocycles. The number of carbonyl (C=O) groups excluding carboxylic acids is 1. The minimum Gasteiger partial charge on any atom is -0.388 e. The van der Waals surface area contributed by atoms with E-state index in [0.29, 0.717) is 6.61 Å². The fourth-order valence-electron chi connectivity index (χ4n) is 1.25. The summed E-state index contributed by atoms with van der Waals surface area (Å²) in [6.45, 7) is 8.67. The molecule has 1 amide bonds. The molecule has 4 heteroatoms. The van der Waals surface area contributed by atoms with Crippen LogP contribution in [0.1, 0.15) is 40.5 Å². The lowest BCUT2D eigenvalue weighted by atomic mass is 9.89. The molecule has 0 rings (SSSR count). The van der Waals surface area contributed by atoms with Crippen molar-refractivity contribution in [2.24, 2.45) is 5.92 Å². The summed E-state index contributed by atoms with van der Waals surface area (Å²) in [7, 11) is 0. The third-order valence-electron chi connectivity index (χ3n) is 2.90. The topological polar surface area (TPSA) is 58.6 Å². The van der Waals surface area contributed by atoms with Crippen molar-refractivity contribution in [3.63, 3.8) is 0 Å². The Morgan fingerprint density at radius 2 is 2.12 bits per heavy atom. The molecule has 0 spiro atoms. The molecule has 0 aromatic carbocycles. The van der Waals surface area contributed by atoms with Gasteiger partial charge in [-0.3, -0.25) is 4.79 Å². The van der Waals surface area contributed by atoms with Crippen LogP contribution in [0.2, 0.25) is 0 Å². The highest BCUT2D eigenvalue weighted by Gasteiger charge is 2.27. The lowest BCUT2D eigenvalue weighted by Gasteiger charge is -2.29. The Hall–Kier alpha value is -0.610. The maximum atomic E-state index is 11.3. The third-order valence-corrected chi connectivity index (χ3v) is 2.90. The summed E-state index contributed by atoms with van der Waals surface area (Å²) >= 11 is 0. The molecule has 0 fully saturated rings. The van der Waals surface area contributed by atoms with E-state index in [0.717, 1.165) is 12.8 Å². The van der Waals surface area contributed by atoms with Gasteiger partial charge in [0.15, 0.2) is 0 Å². The van der Waals surface area contributed by atoms with E-state index < -0.39 is 5.60 Å². The first-order chi connectivity index (χ1) is 7.44. The van der Waals surface area contributed by atoms with Crippen molar-refractivity contribution in [1.29, 1.82) is 0 Å². The van der Waals surface area contributed by atoms with Gasteiger partial charge >= 0.3 is 0 Å². The summed E-state index contributed by atoms with van der Waals surface area (Å²) in [5.41, 5.74) is -0.852. The number of aliphatic hydroxyl groups is 1. The Labute approximate surface area is 98.4 Å². The Bertz CT molecular complexity index is 204. The zero-order chi connectivity index (χ0) is 12.6. The van der Waals surface area contributed by atoms with E-state index in [4.69, 9.17) is 4.74 Å². The number of amides is 1. The lowest BCUT2D eigenvalue weighted by Crippen LogP contribution is -2.45. The van der Waals surface area contributed by atoms with Crippen LogP contribution < -0.4 is 5.32 Å². The van der Waals surface area contributed by atoms with Crippen LogP contribution in [0.4, 0.5) is 0 Å². The quantitative estimate of drug-likeness (QED) is 0.620. The van der Waals surface area contributed by atoms with Crippen LogP contribution in [0.25, 0.3) is 0 Å². The maximum Gasteiger partial charge on any atom is 0.246 e. The van der Waals surface area contributed by atoms with Gasteiger partial charge < -0.3 is 15.2 Å². The number of rotatable bonds is 8. The molecular formula is C12H25NO3. The van der Waals surface area contributed by atoms with E-state index in [1.807, 2.05) is 20.8 Å². The monoisotopic (exact) mass is 231 g/mol. The molecule has 0 aliphatic heterocycles. The van der Waals surface area contributed by atoms with Crippen molar-refractivity contribution in [2.75, 3.05) is 19.8 Å². The second-order valence-electron chi connectivity index (χ2n) is 4.50. The van der Waals surface area contributed by atoms with Crippen LogP contribution in [0, 0.1) is 5.92 Å². The molecule has 4 nitrogen and oxygen atoms in total. The molecule has 0 aromatic rings. The van der Waals surface area contributed by atoms with E-state index in [9.17, 15) is 9.90 Å². The summed E-state index contributed by atoms with van der Waals surface area (Å²) < 4.78 is 5.10. The molecule has 16 heavy (non-hydrogen) atoms. The van der Waals surface area contributed by atoms with Crippen LogP contribution in [0.3, 0.4) is 0 Å². The van der Waals surface area contributed by atoms with Crippen molar-refractivity contribution in [2.45, 2.75) is 46.1 Å².